The van der Waals surface area contributed by atoms with Crippen LogP contribution < -0.4 is 16.2 Å². The fraction of sp³-hybridized carbons (Fsp3) is 0.238. The quantitative estimate of drug-likeness (QED) is 0.179. The second-order valence-corrected chi connectivity index (χ2v) is 24.2. The molecule has 1 radical (unpaired) electrons. The highest BCUT2D eigenvalue weighted by Gasteiger charge is 2.43. The maximum Gasteiger partial charge on any atom is 0.197 e. The van der Waals surface area contributed by atoms with E-state index in [2.05, 4.69) is 213 Å². The predicted molar refractivity (Wildman–Crippen MR) is 293 cm³/mol. The molecule has 3 aromatic heterocycles. The Hall–Kier alpha value is -6.56. The van der Waals surface area contributed by atoms with Crippen LogP contribution in [0.25, 0.3) is 91.9 Å². The summed E-state index contributed by atoms with van der Waals surface area (Å²) in [5, 5.41) is 11.5. The van der Waals surface area contributed by atoms with Crippen molar-refractivity contribution in [2.24, 2.45) is 0 Å². The van der Waals surface area contributed by atoms with Gasteiger partial charge in [0.05, 0.1) is 5.52 Å². The Balaban J connectivity index is 1.06. The molecule has 0 saturated carbocycles. The molecule has 0 amide bonds. The van der Waals surface area contributed by atoms with E-state index in [1.165, 1.54) is 116 Å². The minimum absolute atomic E-state index is 0.0640. The van der Waals surface area contributed by atoms with Crippen LogP contribution in [0, 0.1) is 0 Å². The zero-order chi connectivity index (χ0) is 46.4. The molecule has 0 bridgehead atoms. The average molecular weight is 898 g/mol. The second-order valence-electron chi connectivity index (χ2n) is 23.1. The fourth-order valence-electron chi connectivity index (χ4n) is 12.6. The van der Waals surface area contributed by atoms with Crippen LogP contribution in [0.1, 0.15) is 103 Å². The molecule has 14 rings (SSSR count). The zero-order valence-electron chi connectivity index (χ0n) is 40.5. The molecule has 0 unspecified atom stereocenters. The van der Waals surface area contributed by atoms with Gasteiger partial charge in [-0.05, 0) is 134 Å². The van der Waals surface area contributed by atoms with E-state index in [1.807, 2.05) is 11.3 Å². The van der Waals surface area contributed by atoms with Gasteiger partial charge in [0.2, 0.25) is 0 Å². The van der Waals surface area contributed by atoms with Gasteiger partial charge in [-0.25, -0.2) is 0 Å². The van der Waals surface area contributed by atoms with E-state index in [-0.39, 0.29) is 21.7 Å². The van der Waals surface area contributed by atoms with Crippen LogP contribution in [0.2, 0.25) is 0 Å². The van der Waals surface area contributed by atoms with Crippen molar-refractivity contribution >= 4 is 105 Å². The minimum Gasteiger partial charge on any atom is -0.456 e. The molecule has 8 aromatic carbocycles. The first kappa shape index (κ1) is 40.5. The van der Waals surface area contributed by atoms with Crippen LogP contribution in [-0.4, -0.2) is 11.8 Å². The summed E-state index contributed by atoms with van der Waals surface area (Å²) in [7, 11) is 2.47. The monoisotopic (exact) mass is 897 g/mol. The molecule has 0 fully saturated rings. The fourth-order valence-corrected chi connectivity index (χ4v) is 13.7. The molecular formula is C63H54BN2OS. The third-order valence-corrected chi connectivity index (χ3v) is 17.8. The van der Waals surface area contributed by atoms with Gasteiger partial charge in [-0.2, -0.15) is 0 Å². The molecule has 68 heavy (non-hydrogen) atoms. The number of thiophene rings is 1. The van der Waals surface area contributed by atoms with E-state index in [4.69, 9.17) is 4.42 Å². The number of nitrogens with zero attached hydrogens (tertiary/aromatic N) is 1. The summed E-state index contributed by atoms with van der Waals surface area (Å²) in [4.78, 5) is 0. The van der Waals surface area contributed by atoms with Gasteiger partial charge in [-0.15, -0.1) is 11.3 Å². The van der Waals surface area contributed by atoms with E-state index >= 15 is 0 Å². The lowest BCUT2D eigenvalue weighted by molar-refractivity contribution is 0.331. The maximum atomic E-state index is 6.61. The number of furan rings is 1. The van der Waals surface area contributed by atoms with E-state index < -0.39 is 0 Å². The van der Waals surface area contributed by atoms with Crippen molar-refractivity contribution in [3.8, 4) is 27.9 Å². The van der Waals surface area contributed by atoms with Crippen molar-refractivity contribution in [1.82, 2.24) is 4.57 Å². The third kappa shape index (κ3) is 5.54. The normalized spacial score (nSPS) is 16.4. The molecular weight excluding hydrogens is 844 g/mol. The molecule has 3 aliphatic rings. The maximum absolute atomic E-state index is 6.61. The molecule has 2 aliphatic carbocycles. The minimum atomic E-state index is -0.187. The summed E-state index contributed by atoms with van der Waals surface area (Å²) in [6, 6.07) is 51.1. The van der Waals surface area contributed by atoms with Crippen molar-refractivity contribution in [3.63, 3.8) is 0 Å². The van der Waals surface area contributed by atoms with Crippen molar-refractivity contribution in [2.75, 3.05) is 5.32 Å². The first-order valence-corrected chi connectivity index (χ1v) is 25.3. The van der Waals surface area contributed by atoms with E-state index in [1.54, 1.807) is 0 Å². The van der Waals surface area contributed by atoms with Crippen LogP contribution in [0.5, 0.6) is 0 Å². The van der Waals surface area contributed by atoms with Gasteiger partial charge in [-0.1, -0.05) is 141 Å². The largest absolute Gasteiger partial charge is 0.456 e. The van der Waals surface area contributed by atoms with E-state index in [0.29, 0.717) is 0 Å². The number of fused-ring (bicyclic) bond motifs is 15. The molecule has 5 heteroatoms. The Bertz CT molecular complexity index is 4030. The molecule has 11 aromatic rings. The molecule has 0 spiro atoms. The number of anilines is 2. The summed E-state index contributed by atoms with van der Waals surface area (Å²) >= 11 is 1.89. The van der Waals surface area contributed by atoms with Crippen LogP contribution in [0.3, 0.4) is 0 Å². The molecule has 331 valence electrons. The summed E-state index contributed by atoms with van der Waals surface area (Å²) in [5.41, 5.74) is 22.5. The number of hydrogen-bond donors (Lipinski definition) is 1. The number of benzene rings is 8. The SMILES string of the molecule is CC(C)(C)c1ccc(Nc2cc3c(cc2-c2ccc4c5cc6c(cc5n5c4c2[B]c2cc4c(cc2-5)oc2ccccc24)sc2ccccc26)-c2cc4c(cc2C3(C)C)C(C)(C)CCC4(C)C)cc1. The summed E-state index contributed by atoms with van der Waals surface area (Å²) in [6.07, 6.45) is 2.39. The van der Waals surface area contributed by atoms with Crippen molar-refractivity contribution in [1.29, 1.82) is 0 Å². The number of rotatable bonds is 3. The lowest BCUT2D eigenvalue weighted by Gasteiger charge is -2.42. The van der Waals surface area contributed by atoms with E-state index in [0.717, 1.165) is 39.0 Å². The van der Waals surface area contributed by atoms with Gasteiger partial charge in [0.25, 0.3) is 0 Å². The molecule has 4 heterocycles. The molecule has 3 nitrogen and oxygen atoms in total. The number of aromatic nitrogens is 1. The average Bonchev–Trinajstić information content (AvgIpc) is 4.02. The Morgan fingerprint density at radius 3 is 2.04 bits per heavy atom. The van der Waals surface area contributed by atoms with Gasteiger partial charge in [-0.3, -0.25) is 0 Å². The van der Waals surface area contributed by atoms with Gasteiger partial charge in [0.15, 0.2) is 7.28 Å². The van der Waals surface area contributed by atoms with Crippen molar-refractivity contribution in [2.45, 2.75) is 96.8 Å². The predicted octanol–water partition coefficient (Wildman–Crippen LogP) is 16.4. The van der Waals surface area contributed by atoms with Gasteiger partial charge in [0, 0.05) is 81.3 Å². The zero-order valence-corrected chi connectivity index (χ0v) is 41.3. The summed E-state index contributed by atoms with van der Waals surface area (Å²) < 4.78 is 11.8. The highest BCUT2D eigenvalue weighted by Crippen LogP contribution is 2.56. The first-order valence-electron chi connectivity index (χ1n) is 24.5. The Labute approximate surface area is 403 Å². The first-order chi connectivity index (χ1) is 32.5. The van der Waals surface area contributed by atoms with Gasteiger partial charge in [0.1, 0.15) is 11.2 Å². The van der Waals surface area contributed by atoms with Gasteiger partial charge >= 0.3 is 0 Å². The smallest absolute Gasteiger partial charge is 0.197 e. The topological polar surface area (TPSA) is 30.1 Å². The van der Waals surface area contributed by atoms with Crippen LogP contribution in [0.4, 0.5) is 11.4 Å². The standard InChI is InChI=1S/C63H54BN2OS/c1-60(2,3)34-18-20-35(21-19-34)65-51-31-47-40(41-28-48-49(30-46(41)63(47,8)9)62(6,7)25-24-61(48,4)5)26-42(51)38-22-23-39-43-27-45-37-15-11-13-17-56(37)68-57(45)33-52(43)66-53-32-55-44(29-50(53)64-58(38)59(39)66)36-14-10-12-16-54(36)67-55/h10-23,26-33,65H,24-25H2,1-9H3. The van der Waals surface area contributed by atoms with Crippen molar-refractivity contribution < 1.29 is 4.42 Å². The Kier molecular flexibility index (Phi) is 7.96. The number of hydrogen-bond acceptors (Lipinski definition) is 3. The summed E-state index contributed by atoms with van der Waals surface area (Å²) in [5.74, 6) is 0. The summed E-state index contributed by atoms with van der Waals surface area (Å²) in [6.45, 7) is 21.6. The lowest BCUT2D eigenvalue weighted by Crippen LogP contribution is -2.37. The number of nitrogens with one attached hydrogen (secondary N) is 1. The highest BCUT2D eigenvalue weighted by atomic mass is 32.1. The lowest BCUT2D eigenvalue weighted by atomic mass is 9.59. The number of para-hydroxylation sites is 1. The molecule has 1 aliphatic heterocycles. The molecule has 1 N–H and O–H groups in total. The third-order valence-electron chi connectivity index (χ3n) is 16.6. The van der Waals surface area contributed by atoms with Crippen LogP contribution in [-0.2, 0) is 21.7 Å². The Morgan fingerprint density at radius 1 is 0.559 bits per heavy atom. The van der Waals surface area contributed by atoms with Crippen LogP contribution in [0.15, 0.2) is 138 Å². The van der Waals surface area contributed by atoms with Crippen molar-refractivity contribution in [3.05, 3.63) is 161 Å². The second kappa shape index (κ2) is 13.4. The van der Waals surface area contributed by atoms with E-state index in [9.17, 15) is 0 Å². The molecule has 0 saturated heterocycles. The van der Waals surface area contributed by atoms with Gasteiger partial charge < -0.3 is 14.3 Å². The molecule has 0 atom stereocenters. The Morgan fingerprint density at radius 2 is 1.26 bits per heavy atom. The highest BCUT2D eigenvalue weighted by molar-refractivity contribution is 7.25. The van der Waals surface area contributed by atoms with Crippen LogP contribution >= 0.6 is 11.3 Å².